The average molecular weight is 491 g/mol. The first-order valence-corrected chi connectivity index (χ1v) is 12.4. The quantitative estimate of drug-likeness (QED) is 0.234. The van der Waals surface area contributed by atoms with Crippen molar-refractivity contribution in [2.24, 2.45) is 0 Å². The normalized spacial score (nSPS) is 11.8. The van der Waals surface area contributed by atoms with Crippen LogP contribution in [0.25, 0.3) is 0 Å². The Bertz CT molecular complexity index is 1200. The lowest BCUT2D eigenvalue weighted by Crippen LogP contribution is -2.48. The maximum absolute atomic E-state index is 13.4. The Hall–Kier alpha value is -4.51. The van der Waals surface area contributed by atoms with Crippen LogP contribution in [0.2, 0.25) is 0 Å². The summed E-state index contributed by atoms with van der Waals surface area (Å²) in [5.74, 6) is -0.475. The van der Waals surface area contributed by atoms with Crippen molar-refractivity contribution >= 4 is 18.1 Å². The molecule has 5 heteroatoms. The summed E-state index contributed by atoms with van der Waals surface area (Å²) in [6.45, 7) is 0. The molecule has 0 aliphatic rings. The van der Waals surface area contributed by atoms with E-state index in [1.807, 2.05) is 121 Å². The van der Waals surface area contributed by atoms with Crippen LogP contribution in [-0.4, -0.2) is 24.1 Å². The van der Waals surface area contributed by atoms with Crippen molar-refractivity contribution in [3.05, 3.63) is 144 Å². The number of hydrogen-bond acceptors (Lipinski definition) is 3. The van der Waals surface area contributed by atoms with Gasteiger partial charge in [0.25, 0.3) is 0 Å². The van der Waals surface area contributed by atoms with Crippen LogP contribution >= 0.6 is 0 Å². The molecule has 186 valence electrons. The van der Waals surface area contributed by atoms with Crippen molar-refractivity contribution in [1.29, 1.82) is 0 Å². The molecule has 4 aromatic carbocycles. The fourth-order valence-electron chi connectivity index (χ4n) is 4.55. The number of carbonyl (C=O) groups excluding carboxylic acids is 3. The van der Waals surface area contributed by atoms with Gasteiger partial charge in [-0.15, -0.1) is 0 Å². The monoisotopic (exact) mass is 490 g/mol. The third-order valence-electron chi connectivity index (χ3n) is 6.35. The zero-order valence-corrected chi connectivity index (χ0v) is 20.5. The third kappa shape index (κ3) is 6.39. The molecule has 0 heterocycles. The summed E-state index contributed by atoms with van der Waals surface area (Å²) >= 11 is 0. The second kappa shape index (κ2) is 12.5. The highest BCUT2D eigenvalue weighted by molar-refractivity contribution is 5.83. The molecular formula is C32H30N2O3. The molecule has 0 saturated carbocycles. The van der Waals surface area contributed by atoms with Gasteiger partial charge in [-0.25, -0.2) is 0 Å². The van der Waals surface area contributed by atoms with Crippen molar-refractivity contribution in [2.45, 2.75) is 30.8 Å². The van der Waals surface area contributed by atoms with Gasteiger partial charge in [0.1, 0.15) is 11.8 Å². The average Bonchev–Trinajstić information content (AvgIpc) is 2.96. The zero-order valence-electron chi connectivity index (χ0n) is 20.5. The van der Waals surface area contributed by atoms with Crippen LogP contribution in [0, 0.1) is 0 Å². The van der Waals surface area contributed by atoms with Crippen LogP contribution in [0.3, 0.4) is 0 Å². The molecule has 1 atom stereocenters. The second-order valence-electron chi connectivity index (χ2n) is 8.91. The summed E-state index contributed by atoms with van der Waals surface area (Å²) in [4.78, 5) is 37.6. The van der Waals surface area contributed by atoms with Gasteiger partial charge in [-0.05, 0) is 28.7 Å². The molecule has 5 nitrogen and oxygen atoms in total. The van der Waals surface area contributed by atoms with E-state index in [4.69, 9.17) is 0 Å². The number of hydrogen-bond donors (Lipinski definition) is 2. The number of aldehydes is 1. The Morgan fingerprint density at radius 1 is 0.649 bits per heavy atom. The number of nitrogens with one attached hydrogen (secondary N) is 2. The van der Waals surface area contributed by atoms with Crippen molar-refractivity contribution in [3.63, 3.8) is 0 Å². The number of carbonyl (C=O) groups is 3. The lowest BCUT2D eigenvalue weighted by atomic mass is 9.77. The summed E-state index contributed by atoms with van der Waals surface area (Å²) < 4.78 is 0. The highest BCUT2D eigenvalue weighted by atomic mass is 16.2. The molecule has 37 heavy (non-hydrogen) atoms. The minimum absolute atomic E-state index is 0.0727. The molecule has 0 aliphatic carbocycles. The first-order chi connectivity index (χ1) is 18.1. The standard InChI is InChI=1S/C32H30N2O3/c35-24-29(33-31(37)23-25-13-5-1-6-14-25)21-22-30(36)34-32(26-15-7-2-8-16-26,27-17-9-3-10-18-27)28-19-11-4-12-20-28/h1-20,24,29H,21-23H2,(H,33,37)(H,34,36)/t29-/m0/s1. The number of amides is 2. The van der Waals surface area contributed by atoms with Crippen LogP contribution in [0.15, 0.2) is 121 Å². The van der Waals surface area contributed by atoms with Crippen LogP contribution in [0.1, 0.15) is 35.1 Å². The predicted octanol–water partition coefficient (Wildman–Crippen LogP) is 4.80. The molecule has 4 rings (SSSR count). The van der Waals surface area contributed by atoms with Crippen molar-refractivity contribution in [2.75, 3.05) is 0 Å². The fourth-order valence-corrected chi connectivity index (χ4v) is 4.55. The first-order valence-electron chi connectivity index (χ1n) is 12.4. The minimum Gasteiger partial charge on any atom is -0.346 e. The van der Waals surface area contributed by atoms with E-state index >= 15 is 0 Å². The van der Waals surface area contributed by atoms with Crippen LogP contribution < -0.4 is 10.6 Å². The molecule has 0 aliphatic heterocycles. The fraction of sp³-hybridized carbons (Fsp3) is 0.156. The Labute approximate surface area is 217 Å². The maximum Gasteiger partial charge on any atom is 0.224 e. The first kappa shape index (κ1) is 25.6. The van der Waals surface area contributed by atoms with Crippen molar-refractivity contribution in [1.82, 2.24) is 10.6 Å². The third-order valence-corrected chi connectivity index (χ3v) is 6.35. The summed E-state index contributed by atoms with van der Waals surface area (Å²) in [5.41, 5.74) is 2.70. The summed E-state index contributed by atoms with van der Waals surface area (Å²) in [5, 5.41) is 6.03. The van der Waals surface area contributed by atoms with Gasteiger partial charge in [0, 0.05) is 6.42 Å². The minimum atomic E-state index is -0.923. The second-order valence-corrected chi connectivity index (χ2v) is 8.91. The molecule has 2 amide bonds. The Morgan fingerprint density at radius 2 is 1.08 bits per heavy atom. The summed E-state index contributed by atoms with van der Waals surface area (Å²) in [6, 6.07) is 38.1. The Morgan fingerprint density at radius 3 is 1.51 bits per heavy atom. The molecule has 0 fully saturated rings. The van der Waals surface area contributed by atoms with Gasteiger partial charge in [-0.2, -0.15) is 0 Å². The smallest absolute Gasteiger partial charge is 0.224 e. The van der Waals surface area contributed by atoms with Gasteiger partial charge in [-0.3, -0.25) is 9.59 Å². The van der Waals surface area contributed by atoms with Crippen molar-refractivity contribution in [3.8, 4) is 0 Å². The molecular weight excluding hydrogens is 460 g/mol. The van der Waals surface area contributed by atoms with Gasteiger partial charge in [0.05, 0.1) is 12.5 Å². The van der Waals surface area contributed by atoms with E-state index in [0.717, 1.165) is 22.3 Å². The molecule has 0 bridgehead atoms. The van der Waals surface area contributed by atoms with Crippen LogP contribution in [0.5, 0.6) is 0 Å². The predicted molar refractivity (Wildman–Crippen MR) is 145 cm³/mol. The Balaban J connectivity index is 1.54. The van der Waals surface area contributed by atoms with Crippen LogP contribution in [0.4, 0.5) is 0 Å². The highest BCUT2D eigenvalue weighted by Gasteiger charge is 2.37. The maximum atomic E-state index is 13.4. The van der Waals surface area contributed by atoms with Gasteiger partial charge < -0.3 is 15.4 Å². The Kier molecular flexibility index (Phi) is 8.61. The summed E-state index contributed by atoms with van der Waals surface area (Å²) in [7, 11) is 0. The van der Waals surface area contributed by atoms with E-state index in [-0.39, 0.29) is 31.1 Å². The molecule has 0 saturated heterocycles. The van der Waals surface area contributed by atoms with E-state index in [1.165, 1.54) is 0 Å². The SMILES string of the molecule is O=C[C@H](CCC(=O)NC(c1ccccc1)(c1ccccc1)c1ccccc1)NC(=O)Cc1ccccc1. The lowest BCUT2D eigenvalue weighted by Gasteiger charge is -2.37. The molecule has 0 radical (unpaired) electrons. The summed E-state index contributed by atoms with van der Waals surface area (Å²) in [6.07, 6.45) is 1.14. The zero-order chi connectivity index (χ0) is 25.9. The molecule has 4 aromatic rings. The topological polar surface area (TPSA) is 75.3 Å². The van der Waals surface area contributed by atoms with Crippen molar-refractivity contribution < 1.29 is 14.4 Å². The van der Waals surface area contributed by atoms with Gasteiger partial charge in [0.15, 0.2) is 0 Å². The largest absolute Gasteiger partial charge is 0.346 e. The van der Waals surface area contributed by atoms with E-state index in [2.05, 4.69) is 10.6 Å². The van der Waals surface area contributed by atoms with E-state index in [1.54, 1.807) is 0 Å². The molecule has 0 aromatic heterocycles. The number of rotatable bonds is 11. The van der Waals surface area contributed by atoms with E-state index in [9.17, 15) is 14.4 Å². The van der Waals surface area contributed by atoms with Gasteiger partial charge >= 0.3 is 0 Å². The van der Waals surface area contributed by atoms with E-state index in [0.29, 0.717) is 6.29 Å². The van der Waals surface area contributed by atoms with Gasteiger partial charge in [-0.1, -0.05) is 121 Å². The molecule has 2 N–H and O–H groups in total. The van der Waals surface area contributed by atoms with Crippen LogP contribution in [-0.2, 0) is 26.3 Å². The van der Waals surface area contributed by atoms with Gasteiger partial charge in [0.2, 0.25) is 11.8 Å². The molecule has 0 spiro atoms. The van der Waals surface area contributed by atoms with E-state index < -0.39 is 11.6 Å². The molecule has 0 unspecified atom stereocenters. The highest BCUT2D eigenvalue weighted by Crippen LogP contribution is 2.36. The lowest BCUT2D eigenvalue weighted by molar-refractivity contribution is -0.125. The number of benzene rings is 4.